The molecule has 0 aliphatic rings. The van der Waals surface area contributed by atoms with Crippen LogP contribution in [0.25, 0.3) is 0 Å². The van der Waals surface area contributed by atoms with E-state index in [1.54, 1.807) is 0 Å². The Labute approximate surface area is 594 Å². The summed E-state index contributed by atoms with van der Waals surface area (Å²) in [6.07, 6.45) is 58.6. The highest BCUT2D eigenvalue weighted by Crippen LogP contribution is 2.45. The molecule has 0 spiro atoms. The molecule has 0 saturated heterocycles. The quantitative estimate of drug-likeness (QED) is 0.0222. The molecule has 0 rings (SSSR count). The van der Waals surface area contributed by atoms with Crippen molar-refractivity contribution < 1.29 is 80.2 Å². The van der Waals surface area contributed by atoms with Gasteiger partial charge in [-0.05, 0) is 37.5 Å². The highest BCUT2D eigenvalue weighted by Gasteiger charge is 2.30. The summed E-state index contributed by atoms with van der Waals surface area (Å²) in [5, 5.41) is 10.6. The third-order valence-corrected chi connectivity index (χ3v) is 20.1. The van der Waals surface area contributed by atoms with E-state index in [-0.39, 0.29) is 25.7 Å². The number of carbonyl (C=O) groups is 4. The predicted octanol–water partition coefficient (Wildman–Crippen LogP) is 23.1. The van der Waals surface area contributed by atoms with Gasteiger partial charge >= 0.3 is 39.5 Å². The molecule has 576 valence electrons. The lowest BCUT2D eigenvalue weighted by atomic mass is 10.0. The van der Waals surface area contributed by atoms with Crippen LogP contribution in [-0.2, 0) is 65.4 Å². The smallest absolute Gasteiger partial charge is 0.462 e. The zero-order valence-electron chi connectivity index (χ0n) is 63.4. The summed E-state index contributed by atoms with van der Waals surface area (Å²) in [5.74, 6) is -0.631. The van der Waals surface area contributed by atoms with Crippen LogP contribution in [0.2, 0.25) is 0 Å². The van der Waals surface area contributed by atoms with E-state index in [0.717, 1.165) is 95.8 Å². The second-order valence-electron chi connectivity index (χ2n) is 29.1. The van der Waals surface area contributed by atoms with Crippen molar-refractivity contribution in [1.29, 1.82) is 0 Å². The second kappa shape index (κ2) is 69.8. The number of phosphoric ester groups is 2. The average Bonchev–Trinajstić information content (AvgIpc) is 3.78. The van der Waals surface area contributed by atoms with Gasteiger partial charge in [-0.25, -0.2) is 9.13 Å². The van der Waals surface area contributed by atoms with Crippen molar-refractivity contribution in [2.45, 2.75) is 426 Å². The van der Waals surface area contributed by atoms with Gasteiger partial charge in [0, 0.05) is 25.7 Å². The molecule has 0 aromatic heterocycles. The average molecular weight is 1420 g/mol. The number of rotatable bonds is 77. The summed E-state index contributed by atoms with van der Waals surface area (Å²) in [7, 11) is -9.91. The highest BCUT2D eigenvalue weighted by atomic mass is 31.2. The first-order chi connectivity index (χ1) is 46.9. The molecule has 0 aliphatic heterocycles. The Morgan fingerprint density at radius 3 is 0.701 bits per heavy atom. The Morgan fingerprint density at radius 2 is 0.474 bits per heavy atom. The molecule has 19 heteroatoms. The number of hydrogen-bond donors (Lipinski definition) is 3. The molecular weight excluding hydrogens is 1270 g/mol. The lowest BCUT2D eigenvalue weighted by Gasteiger charge is -2.21. The Kier molecular flexibility index (Phi) is 68.4. The molecule has 0 aromatic carbocycles. The Hall–Kier alpha value is -1.94. The normalized spacial score (nSPS) is 14.0. The Bertz CT molecular complexity index is 1870. The van der Waals surface area contributed by atoms with Gasteiger partial charge in [0.2, 0.25) is 0 Å². The van der Waals surface area contributed by atoms with Gasteiger partial charge in [0.25, 0.3) is 0 Å². The fourth-order valence-electron chi connectivity index (χ4n) is 12.0. The zero-order chi connectivity index (χ0) is 71.4. The molecule has 0 bridgehead atoms. The van der Waals surface area contributed by atoms with E-state index in [0.29, 0.717) is 31.6 Å². The van der Waals surface area contributed by atoms with Gasteiger partial charge in [-0.3, -0.25) is 37.3 Å². The van der Waals surface area contributed by atoms with E-state index in [1.807, 2.05) is 0 Å². The number of ether oxygens (including phenoxy) is 4. The standard InChI is InChI=1S/C78H152O17P2/c1-7-9-11-13-15-17-18-19-20-21-22-23-24-25-26-27-30-34-38-44-50-56-62-77(82)94-73(66-89-76(81)61-55-49-43-37-33-31-28-29-32-36-40-46-52-58-70(3)4)68-92-96(84,85)90-64-72(79)65-91-97(86,87)93-69-74(67-88-75(80)60-54-48-42-35-16-14-12-10-8-2)95-78(83)63-57-51-45-39-41-47-53-59-71(5)6/h70-74,79H,7-69H2,1-6H3,(H,84,85)(H,86,87)/t72-,73-,74-/m1/s1. The third kappa shape index (κ3) is 72.2. The summed E-state index contributed by atoms with van der Waals surface area (Å²) in [6, 6.07) is 0. The summed E-state index contributed by atoms with van der Waals surface area (Å²) >= 11 is 0. The van der Waals surface area contributed by atoms with Gasteiger partial charge in [-0.1, -0.05) is 356 Å². The molecule has 2 unspecified atom stereocenters. The van der Waals surface area contributed by atoms with Gasteiger partial charge < -0.3 is 33.8 Å². The SMILES string of the molecule is CCCCCCCCCCCCCCCCCCCCCCCCC(=O)O[C@H](COC(=O)CCCCCCCCCCCCCCCC(C)C)COP(=O)(O)OC[C@@H](O)COP(=O)(O)OC[C@@H](COC(=O)CCCCCCCCCCC)OC(=O)CCCCCCCCCC(C)C. The van der Waals surface area contributed by atoms with Gasteiger partial charge in [0.1, 0.15) is 19.3 Å². The minimum absolute atomic E-state index is 0.104. The number of phosphoric acid groups is 2. The van der Waals surface area contributed by atoms with Crippen LogP contribution < -0.4 is 0 Å². The van der Waals surface area contributed by atoms with Crippen molar-refractivity contribution >= 4 is 39.5 Å². The van der Waals surface area contributed by atoms with E-state index in [2.05, 4.69) is 41.5 Å². The molecule has 0 aliphatic carbocycles. The first kappa shape index (κ1) is 95.1. The van der Waals surface area contributed by atoms with Gasteiger partial charge in [-0.15, -0.1) is 0 Å². The number of aliphatic hydroxyl groups is 1. The summed E-state index contributed by atoms with van der Waals surface area (Å²) in [5.41, 5.74) is 0. The highest BCUT2D eigenvalue weighted by molar-refractivity contribution is 7.47. The second-order valence-corrected chi connectivity index (χ2v) is 32.0. The number of unbranched alkanes of at least 4 members (excludes halogenated alkanes) is 47. The molecule has 0 radical (unpaired) electrons. The van der Waals surface area contributed by atoms with E-state index in [9.17, 15) is 43.2 Å². The maximum absolute atomic E-state index is 13.1. The first-order valence-electron chi connectivity index (χ1n) is 40.5. The molecule has 0 aromatic rings. The minimum Gasteiger partial charge on any atom is -0.462 e. The van der Waals surface area contributed by atoms with E-state index in [4.69, 9.17) is 37.0 Å². The Balaban J connectivity index is 5.17. The zero-order valence-corrected chi connectivity index (χ0v) is 65.2. The largest absolute Gasteiger partial charge is 0.472 e. The molecular formula is C78H152O17P2. The van der Waals surface area contributed by atoms with Crippen molar-refractivity contribution in [3.8, 4) is 0 Å². The number of esters is 4. The van der Waals surface area contributed by atoms with Gasteiger partial charge in [0.15, 0.2) is 12.2 Å². The van der Waals surface area contributed by atoms with Crippen LogP contribution in [-0.4, -0.2) is 96.7 Å². The van der Waals surface area contributed by atoms with Crippen molar-refractivity contribution in [2.75, 3.05) is 39.6 Å². The third-order valence-electron chi connectivity index (χ3n) is 18.2. The molecule has 0 saturated carbocycles. The maximum Gasteiger partial charge on any atom is 0.472 e. The monoisotopic (exact) mass is 1420 g/mol. The number of carbonyl (C=O) groups excluding carboxylic acids is 4. The lowest BCUT2D eigenvalue weighted by molar-refractivity contribution is -0.161. The summed E-state index contributed by atoms with van der Waals surface area (Å²) in [4.78, 5) is 72.8. The topological polar surface area (TPSA) is 237 Å². The van der Waals surface area contributed by atoms with Crippen molar-refractivity contribution in [2.24, 2.45) is 11.8 Å². The number of hydrogen-bond acceptors (Lipinski definition) is 15. The Morgan fingerprint density at radius 1 is 0.278 bits per heavy atom. The van der Waals surface area contributed by atoms with Crippen LogP contribution in [0.4, 0.5) is 0 Å². The first-order valence-corrected chi connectivity index (χ1v) is 43.5. The van der Waals surface area contributed by atoms with Crippen molar-refractivity contribution in [3.63, 3.8) is 0 Å². The molecule has 97 heavy (non-hydrogen) atoms. The van der Waals surface area contributed by atoms with Crippen LogP contribution in [0.5, 0.6) is 0 Å². The van der Waals surface area contributed by atoms with Crippen LogP contribution in [0.1, 0.15) is 408 Å². The maximum atomic E-state index is 13.1. The van der Waals surface area contributed by atoms with Crippen LogP contribution in [0.3, 0.4) is 0 Å². The van der Waals surface area contributed by atoms with Gasteiger partial charge in [-0.2, -0.15) is 0 Å². The van der Waals surface area contributed by atoms with Crippen LogP contribution in [0, 0.1) is 11.8 Å². The summed E-state index contributed by atoms with van der Waals surface area (Å²) in [6.45, 7) is 9.54. The fraction of sp³-hybridized carbons (Fsp3) is 0.949. The van der Waals surface area contributed by atoms with Crippen molar-refractivity contribution in [1.82, 2.24) is 0 Å². The van der Waals surface area contributed by atoms with Gasteiger partial charge in [0.05, 0.1) is 26.4 Å². The van der Waals surface area contributed by atoms with E-state index in [1.165, 1.54) is 225 Å². The van der Waals surface area contributed by atoms with E-state index >= 15 is 0 Å². The molecule has 0 heterocycles. The molecule has 0 amide bonds. The number of aliphatic hydroxyl groups excluding tert-OH is 1. The fourth-order valence-corrected chi connectivity index (χ4v) is 13.6. The summed E-state index contributed by atoms with van der Waals surface area (Å²) < 4.78 is 68.5. The predicted molar refractivity (Wildman–Crippen MR) is 395 cm³/mol. The molecule has 17 nitrogen and oxygen atoms in total. The molecule has 5 atom stereocenters. The minimum atomic E-state index is -4.96. The molecule has 3 N–H and O–H groups in total. The lowest BCUT2D eigenvalue weighted by Crippen LogP contribution is -2.30. The van der Waals surface area contributed by atoms with E-state index < -0.39 is 97.5 Å². The van der Waals surface area contributed by atoms with Crippen LogP contribution in [0.15, 0.2) is 0 Å². The molecule has 0 fully saturated rings. The van der Waals surface area contributed by atoms with Crippen molar-refractivity contribution in [3.05, 3.63) is 0 Å². The van der Waals surface area contributed by atoms with Crippen LogP contribution >= 0.6 is 15.6 Å².